The minimum atomic E-state index is -0.374. The maximum absolute atomic E-state index is 13.5. The highest BCUT2D eigenvalue weighted by Crippen LogP contribution is 2.38. The number of carbonyl (C=O) groups excluding carboxylic acids is 1. The Morgan fingerprint density at radius 1 is 1.16 bits per heavy atom. The van der Waals surface area contributed by atoms with Gasteiger partial charge in [-0.15, -0.1) is 0 Å². The molecule has 2 rings (SSSR count). The van der Waals surface area contributed by atoms with Crippen molar-refractivity contribution in [1.29, 1.82) is 0 Å². The zero-order valence-corrected chi connectivity index (χ0v) is 20.6. The Morgan fingerprint density at radius 3 is 2.28 bits per heavy atom. The molecule has 0 saturated carbocycles. The topological polar surface area (TPSA) is 80.7 Å². The van der Waals surface area contributed by atoms with Gasteiger partial charge in [-0.1, -0.05) is 27.7 Å². The normalized spacial score (nSPS) is 18.0. The van der Waals surface area contributed by atoms with Crippen LogP contribution in [0.1, 0.15) is 38.1 Å². The summed E-state index contributed by atoms with van der Waals surface area (Å²) in [5.74, 6) is 1.74. The molecular formula is C24H40N2O6. The van der Waals surface area contributed by atoms with E-state index in [2.05, 4.69) is 18.7 Å². The summed E-state index contributed by atoms with van der Waals surface area (Å²) in [5.41, 5.74) is 0.475. The molecule has 1 fully saturated rings. The summed E-state index contributed by atoms with van der Waals surface area (Å²) >= 11 is 0. The quantitative estimate of drug-likeness (QED) is 0.553. The minimum Gasteiger partial charge on any atom is -0.493 e. The molecule has 1 amide bonds. The molecule has 32 heavy (non-hydrogen) atoms. The number of carbonyl (C=O) groups is 1. The van der Waals surface area contributed by atoms with Crippen LogP contribution in [0.4, 0.5) is 0 Å². The summed E-state index contributed by atoms with van der Waals surface area (Å²) < 4.78 is 22.2. The Bertz CT molecular complexity index is 714. The molecule has 1 aliphatic rings. The van der Waals surface area contributed by atoms with Gasteiger partial charge in [-0.3, -0.25) is 9.69 Å². The van der Waals surface area contributed by atoms with Crippen LogP contribution in [0.2, 0.25) is 0 Å². The van der Waals surface area contributed by atoms with Crippen LogP contribution in [0, 0.1) is 11.8 Å². The molecule has 0 aliphatic carbocycles. The number of amides is 1. The predicted molar refractivity (Wildman–Crippen MR) is 124 cm³/mol. The lowest BCUT2D eigenvalue weighted by Gasteiger charge is -2.37. The second kappa shape index (κ2) is 12.3. The van der Waals surface area contributed by atoms with Crippen LogP contribution in [0.3, 0.4) is 0 Å². The number of hydrogen-bond acceptors (Lipinski definition) is 7. The van der Waals surface area contributed by atoms with Crippen molar-refractivity contribution in [3.63, 3.8) is 0 Å². The second-order valence-electron chi connectivity index (χ2n) is 9.08. The highest BCUT2D eigenvalue weighted by Gasteiger charge is 2.28. The standard InChI is InChI=1S/C24H40N2O6/c1-16(2)12-26(14-19-13-25(8-9-32-19)15-20(27)17(3)4)24(28)18-10-21(29-5)23(31-7)22(11-18)30-6/h10-11,16-17,19-20,27H,8-9,12-15H2,1-7H3/t19-,20+/m0/s1. The molecule has 0 bridgehead atoms. The summed E-state index contributed by atoms with van der Waals surface area (Å²) in [6.45, 7) is 11.9. The van der Waals surface area contributed by atoms with Crippen LogP contribution in [0.5, 0.6) is 17.2 Å². The van der Waals surface area contributed by atoms with E-state index in [1.807, 2.05) is 18.7 Å². The number of hydrogen-bond donors (Lipinski definition) is 1. The molecule has 0 unspecified atom stereocenters. The number of morpholine rings is 1. The van der Waals surface area contributed by atoms with Gasteiger partial charge in [0, 0.05) is 38.3 Å². The van der Waals surface area contributed by atoms with Crippen molar-refractivity contribution < 1.29 is 28.8 Å². The monoisotopic (exact) mass is 452 g/mol. The van der Waals surface area contributed by atoms with Crippen molar-refractivity contribution in [3.05, 3.63) is 17.7 Å². The molecular weight excluding hydrogens is 412 g/mol. The van der Waals surface area contributed by atoms with Crippen molar-refractivity contribution in [3.8, 4) is 17.2 Å². The first-order valence-electron chi connectivity index (χ1n) is 11.3. The maximum Gasteiger partial charge on any atom is 0.254 e. The molecule has 2 atom stereocenters. The fraction of sp³-hybridized carbons (Fsp3) is 0.708. The zero-order valence-electron chi connectivity index (χ0n) is 20.6. The molecule has 1 heterocycles. The lowest BCUT2D eigenvalue weighted by molar-refractivity contribution is -0.0547. The fourth-order valence-electron chi connectivity index (χ4n) is 3.85. The number of aliphatic hydroxyl groups excluding tert-OH is 1. The minimum absolute atomic E-state index is 0.110. The molecule has 8 heteroatoms. The third-order valence-electron chi connectivity index (χ3n) is 5.65. The van der Waals surface area contributed by atoms with Gasteiger partial charge < -0.3 is 29.0 Å². The number of methoxy groups -OCH3 is 3. The lowest BCUT2D eigenvalue weighted by atomic mass is 10.1. The molecule has 1 aliphatic heterocycles. The molecule has 1 aromatic carbocycles. The Labute approximate surface area is 192 Å². The number of rotatable bonds is 11. The zero-order chi connectivity index (χ0) is 23.8. The first-order valence-corrected chi connectivity index (χ1v) is 11.3. The van der Waals surface area contributed by atoms with Crippen molar-refractivity contribution in [2.75, 3.05) is 60.7 Å². The average Bonchev–Trinajstić information content (AvgIpc) is 2.76. The van der Waals surface area contributed by atoms with Crippen molar-refractivity contribution in [2.24, 2.45) is 11.8 Å². The highest BCUT2D eigenvalue weighted by atomic mass is 16.5. The molecule has 182 valence electrons. The van der Waals surface area contributed by atoms with E-state index in [4.69, 9.17) is 18.9 Å². The van der Waals surface area contributed by atoms with E-state index in [1.54, 1.807) is 12.1 Å². The van der Waals surface area contributed by atoms with Gasteiger partial charge in [-0.25, -0.2) is 0 Å². The second-order valence-corrected chi connectivity index (χ2v) is 9.08. The van der Waals surface area contributed by atoms with Gasteiger partial charge in [0.25, 0.3) is 5.91 Å². The third kappa shape index (κ3) is 6.98. The van der Waals surface area contributed by atoms with E-state index in [-0.39, 0.29) is 24.0 Å². The molecule has 1 aromatic rings. The summed E-state index contributed by atoms with van der Waals surface area (Å²) in [6, 6.07) is 3.37. The Kier molecular flexibility index (Phi) is 10.1. The molecule has 8 nitrogen and oxygen atoms in total. The first kappa shape index (κ1) is 26.2. The van der Waals surface area contributed by atoms with Crippen LogP contribution in [0.15, 0.2) is 12.1 Å². The smallest absolute Gasteiger partial charge is 0.254 e. The van der Waals surface area contributed by atoms with Gasteiger partial charge in [0.15, 0.2) is 11.5 Å². The molecule has 0 radical (unpaired) electrons. The fourth-order valence-corrected chi connectivity index (χ4v) is 3.85. The number of aliphatic hydroxyl groups is 1. The Hall–Kier alpha value is -2.03. The van der Waals surface area contributed by atoms with E-state index < -0.39 is 0 Å². The van der Waals surface area contributed by atoms with E-state index in [1.165, 1.54) is 21.3 Å². The molecule has 0 aromatic heterocycles. The van der Waals surface area contributed by atoms with Crippen molar-refractivity contribution in [2.45, 2.75) is 39.9 Å². The van der Waals surface area contributed by atoms with Crippen LogP contribution >= 0.6 is 0 Å². The highest BCUT2D eigenvalue weighted by molar-refractivity contribution is 5.95. The van der Waals surface area contributed by atoms with E-state index >= 15 is 0 Å². The van der Waals surface area contributed by atoms with Gasteiger partial charge in [0.1, 0.15) is 0 Å². The molecule has 1 N–H and O–H groups in total. The van der Waals surface area contributed by atoms with Gasteiger partial charge in [0.2, 0.25) is 5.75 Å². The van der Waals surface area contributed by atoms with Crippen molar-refractivity contribution >= 4 is 5.91 Å². The van der Waals surface area contributed by atoms with Gasteiger partial charge in [-0.05, 0) is 24.0 Å². The summed E-state index contributed by atoms with van der Waals surface area (Å²) in [6.07, 6.45) is -0.491. The first-order chi connectivity index (χ1) is 15.2. The lowest BCUT2D eigenvalue weighted by Crippen LogP contribution is -2.51. The molecule has 0 spiro atoms. The summed E-state index contributed by atoms with van der Waals surface area (Å²) in [5, 5.41) is 10.3. The largest absolute Gasteiger partial charge is 0.493 e. The Morgan fingerprint density at radius 2 is 1.78 bits per heavy atom. The van der Waals surface area contributed by atoms with Crippen LogP contribution < -0.4 is 14.2 Å². The predicted octanol–water partition coefficient (Wildman–Crippen LogP) is 2.53. The number of β-amino-alcohol motifs (C(OH)–C–C–N with tert-alkyl or cyclic N) is 1. The van der Waals surface area contributed by atoms with Crippen LogP contribution in [-0.2, 0) is 4.74 Å². The maximum atomic E-state index is 13.5. The summed E-state index contributed by atoms with van der Waals surface area (Å²) in [7, 11) is 4.61. The number of benzene rings is 1. The summed E-state index contributed by atoms with van der Waals surface area (Å²) in [4.78, 5) is 17.6. The SMILES string of the molecule is COc1cc(C(=O)N(CC(C)C)C[C@@H]2CN(C[C@@H](O)C(C)C)CCO2)cc(OC)c1OC. The van der Waals surface area contributed by atoms with Gasteiger partial charge in [0.05, 0.1) is 40.1 Å². The van der Waals surface area contributed by atoms with Crippen molar-refractivity contribution in [1.82, 2.24) is 9.80 Å². The third-order valence-corrected chi connectivity index (χ3v) is 5.65. The number of nitrogens with zero attached hydrogens (tertiary/aromatic N) is 2. The number of ether oxygens (including phenoxy) is 4. The van der Waals surface area contributed by atoms with Gasteiger partial charge in [-0.2, -0.15) is 0 Å². The van der Waals surface area contributed by atoms with Crippen LogP contribution in [0.25, 0.3) is 0 Å². The Balaban J connectivity index is 2.20. The van der Waals surface area contributed by atoms with Crippen LogP contribution in [-0.4, -0.2) is 93.7 Å². The van der Waals surface area contributed by atoms with E-state index in [9.17, 15) is 9.90 Å². The van der Waals surface area contributed by atoms with Gasteiger partial charge >= 0.3 is 0 Å². The van der Waals surface area contributed by atoms with E-state index in [0.717, 1.165) is 6.54 Å². The van der Waals surface area contributed by atoms with E-state index in [0.29, 0.717) is 61.5 Å². The molecule has 1 saturated heterocycles. The average molecular weight is 453 g/mol.